The molecule has 2 rings (SSSR count). The third-order valence-corrected chi connectivity index (χ3v) is 5.43. The highest BCUT2D eigenvalue weighted by molar-refractivity contribution is 5.86. The lowest BCUT2D eigenvalue weighted by Gasteiger charge is -2.37. The molecule has 5 nitrogen and oxygen atoms in total. The smallest absolute Gasteiger partial charge is 0.259 e. The second-order valence-electron chi connectivity index (χ2n) is 7.02. The summed E-state index contributed by atoms with van der Waals surface area (Å²) in [5.74, 6) is -1.28. The molecule has 1 heterocycles. The molecule has 1 aliphatic heterocycles. The van der Waals surface area contributed by atoms with Crippen LogP contribution in [0.4, 0.5) is 0 Å². The van der Waals surface area contributed by atoms with Gasteiger partial charge in [-0.1, -0.05) is 71.1 Å². The molecule has 2 atom stereocenters. The maximum Gasteiger partial charge on any atom is 0.353 e. The SMILES string of the molecule is CCCCCCCCCCC12CCCCC1C(=O)OOOC2=O. The molecule has 0 bridgehead atoms. The highest BCUT2D eigenvalue weighted by Crippen LogP contribution is 2.48. The number of hydrogen-bond donors (Lipinski definition) is 0. The Morgan fingerprint density at radius 2 is 1.65 bits per heavy atom. The fraction of sp³-hybridized carbons (Fsp3) is 0.889. The van der Waals surface area contributed by atoms with Crippen molar-refractivity contribution in [1.82, 2.24) is 0 Å². The third kappa shape index (κ3) is 4.69. The van der Waals surface area contributed by atoms with Gasteiger partial charge in [0, 0.05) is 5.04 Å². The zero-order valence-electron chi connectivity index (χ0n) is 14.3. The summed E-state index contributed by atoms with van der Waals surface area (Å²) >= 11 is 0. The van der Waals surface area contributed by atoms with Gasteiger partial charge < -0.3 is 0 Å². The van der Waals surface area contributed by atoms with E-state index < -0.39 is 23.3 Å². The van der Waals surface area contributed by atoms with Crippen LogP contribution in [0.3, 0.4) is 0 Å². The van der Waals surface area contributed by atoms with Crippen molar-refractivity contribution >= 4 is 11.9 Å². The molecule has 0 N–H and O–H groups in total. The van der Waals surface area contributed by atoms with E-state index in [0.29, 0.717) is 19.3 Å². The molecule has 0 aromatic heterocycles. The van der Waals surface area contributed by atoms with E-state index in [9.17, 15) is 9.59 Å². The minimum Gasteiger partial charge on any atom is -0.259 e. The van der Waals surface area contributed by atoms with Gasteiger partial charge in [0.15, 0.2) is 0 Å². The Kier molecular flexibility index (Phi) is 7.34. The summed E-state index contributed by atoms with van der Waals surface area (Å²) in [7, 11) is 0. The average molecular weight is 326 g/mol. The Hall–Kier alpha value is -1.10. The number of rotatable bonds is 9. The molecular weight excluding hydrogens is 296 g/mol. The van der Waals surface area contributed by atoms with E-state index in [1.807, 2.05) is 0 Å². The maximum absolute atomic E-state index is 12.4. The molecule has 23 heavy (non-hydrogen) atoms. The van der Waals surface area contributed by atoms with E-state index in [4.69, 9.17) is 0 Å². The number of fused-ring (bicyclic) bond motifs is 1. The van der Waals surface area contributed by atoms with Gasteiger partial charge in [0.2, 0.25) is 0 Å². The zero-order chi connectivity index (χ0) is 16.5. The molecular formula is C18H30O5. The minimum atomic E-state index is -0.728. The van der Waals surface area contributed by atoms with E-state index in [1.54, 1.807) is 0 Å². The van der Waals surface area contributed by atoms with E-state index >= 15 is 0 Å². The van der Waals surface area contributed by atoms with E-state index in [2.05, 4.69) is 21.7 Å². The van der Waals surface area contributed by atoms with Crippen LogP contribution in [0.15, 0.2) is 0 Å². The molecule has 0 aromatic carbocycles. The Morgan fingerprint density at radius 3 is 2.39 bits per heavy atom. The summed E-state index contributed by atoms with van der Waals surface area (Å²) in [6.45, 7) is 2.22. The number of hydrogen-bond acceptors (Lipinski definition) is 5. The highest BCUT2D eigenvalue weighted by Gasteiger charge is 2.54. The number of unbranched alkanes of at least 4 members (excludes halogenated alkanes) is 7. The predicted molar refractivity (Wildman–Crippen MR) is 84.9 cm³/mol. The maximum atomic E-state index is 12.4. The largest absolute Gasteiger partial charge is 0.353 e. The fourth-order valence-electron chi connectivity index (χ4n) is 4.03. The van der Waals surface area contributed by atoms with Crippen LogP contribution in [0, 0.1) is 11.3 Å². The molecule has 5 heteroatoms. The summed E-state index contributed by atoms with van der Waals surface area (Å²) in [5.41, 5.74) is -0.728. The Bertz CT molecular complexity index is 395. The first-order valence-electron chi connectivity index (χ1n) is 9.30. The highest BCUT2D eigenvalue weighted by atomic mass is 17.5. The van der Waals surface area contributed by atoms with E-state index in [0.717, 1.165) is 25.7 Å². The molecule has 2 fully saturated rings. The summed E-state index contributed by atoms with van der Waals surface area (Å²) in [4.78, 5) is 33.7. The second kappa shape index (κ2) is 9.26. The topological polar surface area (TPSA) is 61.8 Å². The van der Waals surface area contributed by atoms with Gasteiger partial charge in [0.25, 0.3) is 0 Å². The Labute approximate surface area is 138 Å². The van der Waals surface area contributed by atoms with Gasteiger partial charge in [-0.2, -0.15) is 0 Å². The predicted octanol–water partition coefficient (Wildman–Crippen LogP) is 4.64. The van der Waals surface area contributed by atoms with Gasteiger partial charge in [0.05, 0.1) is 11.3 Å². The molecule has 2 aliphatic rings. The van der Waals surface area contributed by atoms with Crippen molar-refractivity contribution in [2.75, 3.05) is 0 Å². The van der Waals surface area contributed by atoms with Crippen molar-refractivity contribution in [1.29, 1.82) is 0 Å². The van der Waals surface area contributed by atoms with Crippen LogP contribution in [-0.2, 0) is 24.4 Å². The Morgan fingerprint density at radius 1 is 0.957 bits per heavy atom. The number of carbonyl (C=O) groups excluding carboxylic acids is 2. The van der Waals surface area contributed by atoms with Crippen molar-refractivity contribution in [3.63, 3.8) is 0 Å². The van der Waals surface area contributed by atoms with Crippen LogP contribution in [0.2, 0.25) is 0 Å². The van der Waals surface area contributed by atoms with Crippen LogP contribution in [0.25, 0.3) is 0 Å². The van der Waals surface area contributed by atoms with Crippen LogP contribution in [-0.4, -0.2) is 11.9 Å². The van der Waals surface area contributed by atoms with Crippen molar-refractivity contribution in [3.8, 4) is 0 Å². The first-order valence-corrected chi connectivity index (χ1v) is 9.30. The van der Waals surface area contributed by atoms with Crippen LogP contribution in [0.5, 0.6) is 0 Å². The van der Waals surface area contributed by atoms with Crippen molar-refractivity contribution in [2.45, 2.75) is 90.4 Å². The molecule has 0 radical (unpaired) electrons. The monoisotopic (exact) mass is 326 g/mol. The number of carbonyl (C=O) groups is 2. The van der Waals surface area contributed by atoms with Crippen LogP contribution >= 0.6 is 0 Å². The lowest BCUT2D eigenvalue weighted by atomic mass is 9.63. The Balaban J connectivity index is 1.81. The summed E-state index contributed by atoms with van der Waals surface area (Å²) in [5, 5.41) is 4.32. The zero-order valence-corrected chi connectivity index (χ0v) is 14.3. The quantitative estimate of drug-likeness (QED) is 0.456. The summed E-state index contributed by atoms with van der Waals surface area (Å²) < 4.78 is 0. The van der Waals surface area contributed by atoms with Gasteiger partial charge in [0.1, 0.15) is 0 Å². The first kappa shape index (κ1) is 18.2. The van der Waals surface area contributed by atoms with Crippen LogP contribution < -0.4 is 0 Å². The van der Waals surface area contributed by atoms with Gasteiger partial charge in [-0.05, 0) is 19.3 Å². The lowest BCUT2D eigenvalue weighted by Crippen LogP contribution is -2.44. The van der Waals surface area contributed by atoms with Gasteiger partial charge in [-0.3, -0.25) is 9.78 Å². The van der Waals surface area contributed by atoms with Crippen molar-refractivity contribution < 1.29 is 24.4 Å². The average Bonchev–Trinajstić information content (AvgIpc) is 2.68. The lowest BCUT2D eigenvalue weighted by molar-refractivity contribution is -0.457. The molecule has 132 valence electrons. The molecule has 0 aromatic rings. The molecule has 1 aliphatic carbocycles. The summed E-state index contributed by atoms with van der Waals surface area (Å²) in [6.07, 6.45) is 13.7. The standard InChI is InChI=1S/C18H30O5/c1-2-3-4-5-6-7-8-10-13-18-14-11-9-12-15(18)16(19)21-23-22-17(18)20/h15H,2-14H2,1H3. The van der Waals surface area contributed by atoms with E-state index in [-0.39, 0.29) is 0 Å². The minimum absolute atomic E-state index is 0.407. The van der Waals surface area contributed by atoms with E-state index in [1.165, 1.54) is 38.5 Å². The normalized spacial score (nSPS) is 27.8. The molecule has 0 spiro atoms. The van der Waals surface area contributed by atoms with Gasteiger partial charge >= 0.3 is 11.9 Å². The molecule has 2 unspecified atom stereocenters. The van der Waals surface area contributed by atoms with Gasteiger partial charge in [-0.25, -0.2) is 9.59 Å². The fourth-order valence-corrected chi connectivity index (χ4v) is 4.03. The van der Waals surface area contributed by atoms with Crippen molar-refractivity contribution in [3.05, 3.63) is 0 Å². The first-order chi connectivity index (χ1) is 11.2. The van der Waals surface area contributed by atoms with Crippen molar-refractivity contribution in [2.24, 2.45) is 11.3 Å². The summed E-state index contributed by atoms with van der Waals surface area (Å²) in [6, 6.07) is 0. The van der Waals surface area contributed by atoms with Crippen LogP contribution in [0.1, 0.15) is 90.4 Å². The van der Waals surface area contributed by atoms with Gasteiger partial charge in [-0.15, -0.1) is 0 Å². The second-order valence-corrected chi connectivity index (χ2v) is 7.02. The third-order valence-electron chi connectivity index (χ3n) is 5.43. The molecule has 0 amide bonds. The molecule has 1 saturated carbocycles. The molecule has 1 saturated heterocycles.